The largest absolute Gasteiger partial charge is 0.364 e. The van der Waals surface area contributed by atoms with Crippen molar-refractivity contribution in [2.45, 2.75) is 17.7 Å². The molecule has 15 heavy (non-hydrogen) atoms. The van der Waals surface area contributed by atoms with Gasteiger partial charge in [0.1, 0.15) is 0 Å². The fraction of sp³-hybridized carbons (Fsp3) is 0.556. The third kappa shape index (κ3) is 1.69. The van der Waals surface area contributed by atoms with Gasteiger partial charge in [0.2, 0.25) is 0 Å². The lowest BCUT2D eigenvalue weighted by Gasteiger charge is -2.28. The summed E-state index contributed by atoms with van der Waals surface area (Å²) in [5.41, 5.74) is 0.935. The first-order valence-corrected chi connectivity index (χ1v) is 6.61. The normalized spacial score (nSPS) is 28.8. The monoisotopic (exact) mass is 261 g/mol. The smallest absolute Gasteiger partial charge is 0.175 e. The molecule has 6 heteroatoms. The molecule has 3 nitrogen and oxygen atoms in total. The molecule has 1 aromatic rings. The van der Waals surface area contributed by atoms with Crippen LogP contribution in [0.25, 0.3) is 0 Å². The average Bonchev–Trinajstić information content (AvgIpc) is 2.83. The molecule has 2 saturated heterocycles. The van der Waals surface area contributed by atoms with E-state index in [2.05, 4.69) is 15.1 Å². The zero-order chi connectivity index (χ0) is 10.4. The second kappa shape index (κ2) is 3.68. The summed E-state index contributed by atoms with van der Waals surface area (Å²) < 4.78 is 0. The highest BCUT2D eigenvalue weighted by Gasteiger charge is 2.39. The SMILES string of the molecule is Clc1cc(N2CC3CC2CS3)c(Cl)nn1. The summed E-state index contributed by atoms with van der Waals surface area (Å²) in [7, 11) is 0. The van der Waals surface area contributed by atoms with E-state index in [0.29, 0.717) is 16.3 Å². The van der Waals surface area contributed by atoms with Crippen LogP contribution in [0.5, 0.6) is 0 Å². The molecule has 2 aliphatic heterocycles. The summed E-state index contributed by atoms with van der Waals surface area (Å²) in [4.78, 5) is 2.31. The predicted molar refractivity (Wildman–Crippen MR) is 64.0 cm³/mol. The summed E-state index contributed by atoms with van der Waals surface area (Å²) >= 11 is 13.9. The van der Waals surface area contributed by atoms with Crippen LogP contribution in [0.15, 0.2) is 6.07 Å². The van der Waals surface area contributed by atoms with E-state index >= 15 is 0 Å². The molecule has 0 N–H and O–H groups in total. The summed E-state index contributed by atoms with van der Waals surface area (Å²) in [6.45, 7) is 1.05. The van der Waals surface area contributed by atoms with Crippen molar-refractivity contribution in [1.82, 2.24) is 10.2 Å². The zero-order valence-corrected chi connectivity index (χ0v) is 10.2. The van der Waals surface area contributed by atoms with Gasteiger partial charge in [-0.2, -0.15) is 11.8 Å². The highest BCUT2D eigenvalue weighted by molar-refractivity contribution is 8.00. The van der Waals surface area contributed by atoms with Gasteiger partial charge in [-0.05, 0) is 6.42 Å². The molecule has 1 aromatic heterocycles. The van der Waals surface area contributed by atoms with E-state index in [-0.39, 0.29) is 0 Å². The number of fused-ring (bicyclic) bond motifs is 2. The zero-order valence-electron chi connectivity index (χ0n) is 7.86. The van der Waals surface area contributed by atoms with Crippen molar-refractivity contribution in [1.29, 1.82) is 0 Å². The molecular formula is C9H9Cl2N3S. The van der Waals surface area contributed by atoms with Crippen molar-refractivity contribution in [2.24, 2.45) is 0 Å². The fourth-order valence-electron chi connectivity index (χ4n) is 2.24. The number of rotatable bonds is 1. The summed E-state index contributed by atoms with van der Waals surface area (Å²) in [6, 6.07) is 2.40. The summed E-state index contributed by atoms with van der Waals surface area (Å²) in [6.07, 6.45) is 1.25. The van der Waals surface area contributed by atoms with Crippen molar-refractivity contribution in [3.8, 4) is 0 Å². The number of aromatic nitrogens is 2. The van der Waals surface area contributed by atoms with Crippen LogP contribution in [0.2, 0.25) is 10.3 Å². The van der Waals surface area contributed by atoms with Crippen molar-refractivity contribution in [3.63, 3.8) is 0 Å². The van der Waals surface area contributed by atoms with Crippen molar-refractivity contribution in [2.75, 3.05) is 17.2 Å². The Kier molecular flexibility index (Phi) is 2.45. The molecule has 2 atom stereocenters. The Morgan fingerprint density at radius 3 is 2.93 bits per heavy atom. The highest BCUT2D eigenvalue weighted by atomic mass is 35.5. The first-order valence-electron chi connectivity index (χ1n) is 4.81. The number of nitrogens with zero attached hydrogens (tertiary/aromatic N) is 3. The lowest BCUT2D eigenvalue weighted by atomic mass is 10.2. The number of thioether (sulfide) groups is 1. The van der Waals surface area contributed by atoms with Gasteiger partial charge in [-0.1, -0.05) is 23.2 Å². The Hall–Kier alpha value is -0.190. The summed E-state index contributed by atoms with van der Waals surface area (Å²) in [5.74, 6) is 1.18. The van der Waals surface area contributed by atoms with Gasteiger partial charge in [0.15, 0.2) is 10.3 Å². The maximum Gasteiger partial charge on any atom is 0.175 e. The molecule has 2 fully saturated rings. The van der Waals surface area contributed by atoms with E-state index in [0.717, 1.165) is 17.5 Å². The van der Waals surface area contributed by atoms with Gasteiger partial charge in [0.05, 0.1) is 5.69 Å². The van der Waals surface area contributed by atoms with Crippen molar-refractivity contribution >= 4 is 40.7 Å². The summed E-state index contributed by atoms with van der Waals surface area (Å²) in [5, 5.41) is 9.18. The molecule has 2 bridgehead atoms. The van der Waals surface area contributed by atoms with Gasteiger partial charge in [-0.25, -0.2) is 0 Å². The third-order valence-corrected chi connectivity index (χ3v) is 4.75. The number of anilines is 1. The van der Waals surface area contributed by atoms with Crippen molar-refractivity contribution in [3.05, 3.63) is 16.4 Å². The van der Waals surface area contributed by atoms with Crippen LogP contribution in [-0.2, 0) is 0 Å². The second-order valence-electron chi connectivity index (χ2n) is 3.84. The van der Waals surface area contributed by atoms with E-state index in [1.807, 2.05) is 17.8 Å². The molecule has 0 spiro atoms. The quantitative estimate of drug-likeness (QED) is 0.777. The molecule has 3 rings (SSSR count). The van der Waals surface area contributed by atoms with E-state index in [4.69, 9.17) is 23.2 Å². The van der Waals surface area contributed by atoms with E-state index < -0.39 is 0 Å². The van der Waals surface area contributed by atoms with Crippen molar-refractivity contribution < 1.29 is 0 Å². The molecule has 0 aliphatic carbocycles. The Morgan fingerprint density at radius 2 is 2.27 bits per heavy atom. The van der Waals surface area contributed by atoms with E-state index in [1.54, 1.807) is 0 Å². The molecule has 80 valence electrons. The first-order chi connectivity index (χ1) is 7.24. The molecule has 2 unspecified atom stereocenters. The van der Waals surface area contributed by atoms with Gasteiger partial charge in [0, 0.05) is 29.7 Å². The minimum Gasteiger partial charge on any atom is -0.364 e. The molecular weight excluding hydrogens is 253 g/mol. The predicted octanol–water partition coefficient (Wildman–Crippen LogP) is 2.48. The molecule has 0 saturated carbocycles. The van der Waals surface area contributed by atoms with E-state index in [1.165, 1.54) is 12.2 Å². The molecule has 0 aromatic carbocycles. The number of hydrogen-bond donors (Lipinski definition) is 0. The standard InChI is InChI=1S/C9H9Cl2N3S/c10-8-2-7(9(11)13-12-8)14-3-6-1-5(14)4-15-6/h2,5-6H,1,3-4H2. The van der Waals surface area contributed by atoms with Gasteiger partial charge in [-0.15, -0.1) is 10.2 Å². The molecule has 0 amide bonds. The minimum atomic E-state index is 0.407. The van der Waals surface area contributed by atoms with Crippen LogP contribution in [0, 0.1) is 0 Å². The Bertz CT molecular complexity index is 401. The van der Waals surface area contributed by atoms with Crippen LogP contribution in [0.4, 0.5) is 5.69 Å². The average molecular weight is 262 g/mol. The fourth-order valence-corrected chi connectivity index (χ4v) is 4.02. The van der Waals surface area contributed by atoms with Crippen LogP contribution in [-0.4, -0.2) is 33.8 Å². The lowest BCUT2D eigenvalue weighted by molar-refractivity contribution is 0.759. The lowest BCUT2D eigenvalue weighted by Crippen LogP contribution is -2.34. The Morgan fingerprint density at radius 1 is 1.40 bits per heavy atom. The number of hydrogen-bond acceptors (Lipinski definition) is 4. The van der Waals surface area contributed by atoms with Crippen LogP contribution < -0.4 is 4.90 Å². The Labute approximate surface area is 102 Å². The molecule has 0 radical (unpaired) electrons. The maximum atomic E-state index is 6.03. The Balaban J connectivity index is 1.96. The van der Waals surface area contributed by atoms with Crippen LogP contribution >= 0.6 is 35.0 Å². The topological polar surface area (TPSA) is 29.0 Å². The third-order valence-electron chi connectivity index (χ3n) is 2.91. The van der Waals surface area contributed by atoms with Gasteiger partial charge >= 0.3 is 0 Å². The van der Waals surface area contributed by atoms with Crippen LogP contribution in [0.3, 0.4) is 0 Å². The second-order valence-corrected chi connectivity index (χ2v) is 5.92. The molecule has 3 heterocycles. The van der Waals surface area contributed by atoms with Gasteiger partial charge in [0.25, 0.3) is 0 Å². The van der Waals surface area contributed by atoms with E-state index in [9.17, 15) is 0 Å². The minimum absolute atomic E-state index is 0.407. The highest BCUT2D eigenvalue weighted by Crippen LogP contribution is 2.41. The van der Waals surface area contributed by atoms with Crippen LogP contribution in [0.1, 0.15) is 6.42 Å². The van der Waals surface area contributed by atoms with Gasteiger partial charge < -0.3 is 4.90 Å². The number of halogens is 2. The van der Waals surface area contributed by atoms with Gasteiger partial charge in [-0.3, -0.25) is 0 Å². The molecule has 2 aliphatic rings. The first kappa shape index (κ1) is 10.00. The maximum absolute atomic E-state index is 6.03.